The van der Waals surface area contributed by atoms with Gasteiger partial charge in [-0.05, 0) is 30.2 Å². The van der Waals surface area contributed by atoms with Crippen LogP contribution in [0.4, 0.5) is 0 Å². The standard InChI is InChI=1S/C29H35N4O2.HI/c1-24(31-35-2)23-33(19-17-32(18-20-33)22-27-15-9-10-16-30-27)29(34)21-28(25-11-5-3-6-12-25)26-13-7-4-8-14-26;/h3-16,28H,17-23H2,1-2H3;1H/q+1;/p-1/b31-24+;. The number of oxime groups is 1. The number of pyridine rings is 1. The minimum Gasteiger partial charge on any atom is -1.00 e. The first kappa shape index (κ1) is 28.0. The molecule has 1 aliphatic rings. The minimum atomic E-state index is 0. The van der Waals surface area contributed by atoms with Crippen LogP contribution in [0.5, 0.6) is 0 Å². The summed E-state index contributed by atoms with van der Waals surface area (Å²) in [5.74, 6) is 0.275. The molecule has 1 aromatic heterocycles. The van der Waals surface area contributed by atoms with Crippen LogP contribution in [-0.2, 0) is 16.2 Å². The van der Waals surface area contributed by atoms with Crippen molar-refractivity contribution >= 4 is 11.6 Å². The molecule has 190 valence electrons. The average Bonchev–Trinajstić information content (AvgIpc) is 2.90. The number of carbonyl (C=O) groups is 1. The molecule has 4 rings (SSSR count). The van der Waals surface area contributed by atoms with Gasteiger partial charge in [0.15, 0.2) is 0 Å². The highest BCUT2D eigenvalue weighted by molar-refractivity contribution is 5.84. The van der Waals surface area contributed by atoms with Crippen molar-refractivity contribution in [1.82, 2.24) is 9.88 Å². The lowest BCUT2D eigenvalue weighted by atomic mass is 9.87. The van der Waals surface area contributed by atoms with Crippen molar-refractivity contribution in [2.24, 2.45) is 5.16 Å². The van der Waals surface area contributed by atoms with Crippen molar-refractivity contribution in [2.45, 2.75) is 25.8 Å². The van der Waals surface area contributed by atoms with Crippen LogP contribution in [0.1, 0.15) is 36.1 Å². The Kier molecular flexibility index (Phi) is 10.6. The molecule has 1 amide bonds. The lowest BCUT2D eigenvalue weighted by molar-refractivity contribution is -0.851. The molecule has 3 aromatic rings. The Hall–Kier alpha value is -2.62. The van der Waals surface area contributed by atoms with Gasteiger partial charge in [0.05, 0.1) is 25.2 Å². The molecule has 2 aromatic carbocycles. The first-order chi connectivity index (χ1) is 17.1. The second-order valence-electron chi connectivity index (χ2n) is 9.33. The Bertz CT molecular complexity index is 1060. The van der Waals surface area contributed by atoms with E-state index < -0.39 is 0 Å². The SMILES string of the molecule is CO/N=C(\C)C[N+]1(C(=O)CC(c2ccccc2)c2ccccc2)CCN(Cc2ccccn2)CC1.[I-]. The molecule has 0 N–H and O–H groups in total. The van der Waals surface area contributed by atoms with E-state index >= 15 is 0 Å². The van der Waals surface area contributed by atoms with E-state index in [2.05, 4.69) is 45.4 Å². The molecule has 1 fully saturated rings. The van der Waals surface area contributed by atoms with Crippen LogP contribution < -0.4 is 24.0 Å². The second-order valence-corrected chi connectivity index (χ2v) is 9.33. The molecule has 7 heteroatoms. The first-order valence-electron chi connectivity index (χ1n) is 12.3. The van der Waals surface area contributed by atoms with Crippen molar-refractivity contribution in [2.75, 3.05) is 39.8 Å². The molecule has 0 aliphatic carbocycles. The summed E-state index contributed by atoms with van der Waals surface area (Å²) in [4.78, 5) is 26.0. The first-order valence-corrected chi connectivity index (χ1v) is 12.3. The van der Waals surface area contributed by atoms with Gasteiger partial charge in [-0.25, -0.2) is 4.79 Å². The maximum absolute atomic E-state index is 14.1. The number of piperazine rings is 1. The van der Waals surface area contributed by atoms with E-state index in [1.165, 1.54) is 11.1 Å². The van der Waals surface area contributed by atoms with Crippen molar-refractivity contribution in [3.05, 3.63) is 102 Å². The molecular formula is C29H35IN4O2. The number of quaternary nitrogens is 1. The van der Waals surface area contributed by atoms with Crippen LogP contribution in [0, 0.1) is 0 Å². The number of carbonyl (C=O) groups excluding carboxylic acids is 1. The zero-order valence-corrected chi connectivity index (χ0v) is 23.3. The molecular weight excluding hydrogens is 563 g/mol. The summed E-state index contributed by atoms with van der Waals surface area (Å²) in [6, 6.07) is 26.7. The van der Waals surface area contributed by atoms with E-state index in [4.69, 9.17) is 4.84 Å². The van der Waals surface area contributed by atoms with E-state index in [-0.39, 0.29) is 35.8 Å². The summed E-state index contributed by atoms with van der Waals surface area (Å²) in [5.41, 5.74) is 4.24. The van der Waals surface area contributed by atoms with Crippen molar-refractivity contribution < 1.29 is 38.1 Å². The fraction of sp³-hybridized carbons (Fsp3) is 0.345. The molecule has 0 atom stereocenters. The Morgan fingerprint density at radius 3 is 2.08 bits per heavy atom. The number of halogens is 1. The topological polar surface area (TPSA) is 54.8 Å². The highest BCUT2D eigenvalue weighted by Gasteiger charge is 2.42. The lowest BCUT2D eigenvalue weighted by Gasteiger charge is -2.43. The maximum atomic E-state index is 14.1. The Balaban J connectivity index is 0.00000361. The van der Waals surface area contributed by atoms with Gasteiger partial charge in [0, 0.05) is 31.7 Å². The van der Waals surface area contributed by atoms with Crippen molar-refractivity contribution in [3.63, 3.8) is 0 Å². The molecule has 1 saturated heterocycles. The Labute approximate surface area is 231 Å². The summed E-state index contributed by atoms with van der Waals surface area (Å²) in [6.45, 7) is 6.49. The summed E-state index contributed by atoms with van der Waals surface area (Å²) in [7, 11) is 1.56. The van der Waals surface area contributed by atoms with Crippen molar-refractivity contribution in [3.8, 4) is 0 Å². The molecule has 0 spiro atoms. The van der Waals surface area contributed by atoms with E-state index in [1.54, 1.807) is 7.11 Å². The van der Waals surface area contributed by atoms with E-state index in [1.807, 2.05) is 61.7 Å². The highest BCUT2D eigenvalue weighted by Crippen LogP contribution is 2.31. The third kappa shape index (κ3) is 7.21. The predicted octanol–water partition coefficient (Wildman–Crippen LogP) is 1.49. The van der Waals surface area contributed by atoms with Gasteiger partial charge in [-0.1, -0.05) is 71.9 Å². The van der Waals surface area contributed by atoms with Gasteiger partial charge in [0.2, 0.25) is 0 Å². The number of nitrogens with zero attached hydrogens (tertiary/aromatic N) is 4. The summed E-state index contributed by atoms with van der Waals surface area (Å²) >= 11 is 0. The fourth-order valence-corrected chi connectivity index (χ4v) is 5.05. The number of aromatic nitrogens is 1. The normalized spacial score (nSPS) is 15.8. The molecule has 1 aliphatic heterocycles. The van der Waals surface area contributed by atoms with Gasteiger partial charge in [0.25, 0.3) is 0 Å². The fourth-order valence-electron chi connectivity index (χ4n) is 5.05. The third-order valence-electron chi connectivity index (χ3n) is 6.89. The van der Waals surface area contributed by atoms with Gasteiger partial charge in [-0.2, -0.15) is 0 Å². The molecule has 0 radical (unpaired) electrons. The van der Waals surface area contributed by atoms with Crippen molar-refractivity contribution in [1.29, 1.82) is 0 Å². The molecule has 36 heavy (non-hydrogen) atoms. The zero-order valence-electron chi connectivity index (χ0n) is 21.1. The molecule has 0 unspecified atom stereocenters. The number of benzene rings is 2. The number of hydrogen-bond donors (Lipinski definition) is 0. The van der Waals surface area contributed by atoms with Gasteiger partial charge >= 0.3 is 5.91 Å². The summed E-state index contributed by atoms with van der Waals surface area (Å²) in [5, 5.41) is 4.15. The molecule has 0 saturated carbocycles. The quantitative estimate of drug-likeness (QED) is 0.162. The Morgan fingerprint density at radius 1 is 0.972 bits per heavy atom. The molecule has 0 bridgehead atoms. The maximum Gasteiger partial charge on any atom is 0.315 e. The third-order valence-corrected chi connectivity index (χ3v) is 6.89. The number of hydrogen-bond acceptors (Lipinski definition) is 5. The van der Waals surface area contributed by atoms with E-state index in [9.17, 15) is 4.79 Å². The van der Waals surface area contributed by atoms with Gasteiger partial charge in [-0.3, -0.25) is 14.4 Å². The lowest BCUT2D eigenvalue weighted by Crippen LogP contribution is -3.00. The molecule has 6 nitrogen and oxygen atoms in total. The van der Waals surface area contributed by atoms with Gasteiger partial charge < -0.3 is 28.8 Å². The summed E-state index contributed by atoms with van der Waals surface area (Å²) in [6.07, 6.45) is 2.29. The van der Waals surface area contributed by atoms with Crippen LogP contribution in [-0.4, -0.2) is 65.8 Å². The van der Waals surface area contributed by atoms with Crippen LogP contribution in [0.2, 0.25) is 0 Å². The number of amides is 1. The largest absolute Gasteiger partial charge is 1.00 e. The monoisotopic (exact) mass is 598 g/mol. The molecule has 2 heterocycles. The Morgan fingerprint density at radius 2 is 1.56 bits per heavy atom. The van der Waals surface area contributed by atoms with Crippen LogP contribution in [0.15, 0.2) is 90.2 Å². The summed E-state index contributed by atoms with van der Waals surface area (Å²) < 4.78 is 0.396. The van der Waals surface area contributed by atoms with Crippen LogP contribution in [0.3, 0.4) is 0 Å². The zero-order chi connectivity index (χ0) is 24.5. The second kappa shape index (κ2) is 13.6. The van der Waals surface area contributed by atoms with Gasteiger partial charge in [-0.15, -0.1) is 0 Å². The van der Waals surface area contributed by atoms with Crippen LogP contribution in [0.25, 0.3) is 0 Å². The smallest absolute Gasteiger partial charge is 0.315 e. The highest BCUT2D eigenvalue weighted by atomic mass is 127. The number of rotatable bonds is 9. The van der Waals surface area contributed by atoms with E-state index in [0.717, 1.165) is 44.1 Å². The van der Waals surface area contributed by atoms with E-state index in [0.29, 0.717) is 17.4 Å². The minimum absolute atomic E-state index is 0. The average molecular weight is 599 g/mol. The van der Waals surface area contributed by atoms with Gasteiger partial charge in [0.1, 0.15) is 19.4 Å². The van der Waals surface area contributed by atoms with Crippen LogP contribution >= 0.6 is 0 Å². The predicted molar refractivity (Wildman–Crippen MR) is 139 cm³/mol.